The molecule has 0 aromatic heterocycles. The highest BCUT2D eigenvalue weighted by molar-refractivity contribution is 6.39. The molecule has 0 radical (unpaired) electrons. The number of hydrogen-bond acceptors (Lipinski definition) is 6. The molecule has 194 valence electrons. The van der Waals surface area contributed by atoms with Crippen LogP contribution in [0.3, 0.4) is 0 Å². The van der Waals surface area contributed by atoms with Crippen molar-refractivity contribution < 1.29 is 33.0 Å². The Morgan fingerprint density at radius 1 is 1.03 bits per heavy atom. The maximum absolute atomic E-state index is 13.8. The molecule has 1 aliphatic rings. The topological polar surface area (TPSA) is 114 Å². The second-order valence-corrected chi connectivity index (χ2v) is 8.33. The molecule has 1 fully saturated rings. The molecule has 0 saturated carbocycles. The lowest BCUT2D eigenvalue weighted by molar-refractivity contribution is -0.122. The highest BCUT2D eigenvalue weighted by atomic mass is 35.5. The first-order chi connectivity index (χ1) is 18.3. The average molecular weight is 538 g/mol. The summed E-state index contributed by atoms with van der Waals surface area (Å²) < 4.78 is 24.9. The molecule has 1 aliphatic heterocycles. The van der Waals surface area contributed by atoms with Crippen LogP contribution >= 0.6 is 11.6 Å². The van der Waals surface area contributed by atoms with Gasteiger partial charge in [-0.25, -0.2) is 14.1 Å². The number of nitrogens with zero attached hydrogens (tertiary/aromatic N) is 1. The van der Waals surface area contributed by atoms with Crippen LogP contribution in [0.15, 0.2) is 72.3 Å². The SMILES string of the molecule is CCOc1cc(/C=C2/C(=O)NC(=O)N(c3ccc(Cl)cc3)C2=O)ccc1OCC(=O)Nc1ccccc1F. The van der Waals surface area contributed by atoms with Gasteiger partial charge in [0.1, 0.15) is 11.4 Å². The second kappa shape index (κ2) is 11.6. The molecule has 3 aromatic carbocycles. The molecule has 0 spiro atoms. The number of benzene rings is 3. The van der Waals surface area contributed by atoms with E-state index in [2.05, 4.69) is 10.6 Å². The number of ether oxygens (including phenoxy) is 2. The van der Waals surface area contributed by atoms with Crippen LogP contribution in [0.25, 0.3) is 6.08 Å². The van der Waals surface area contributed by atoms with E-state index in [1.807, 2.05) is 0 Å². The molecule has 5 amide bonds. The minimum atomic E-state index is -0.883. The third kappa shape index (κ3) is 5.98. The molecule has 0 unspecified atom stereocenters. The fourth-order valence-electron chi connectivity index (χ4n) is 3.54. The third-order valence-corrected chi connectivity index (χ3v) is 5.52. The lowest BCUT2D eigenvalue weighted by Crippen LogP contribution is -2.54. The van der Waals surface area contributed by atoms with Crippen LogP contribution in [0.5, 0.6) is 11.5 Å². The molecular formula is C27H21ClFN3O6. The Balaban J connectivity index is 1.53. The Morgan fingerprint density at radius 2 is 1.76 bits per heavy atom. The van der Waals surface area contributed by atoms with Crippen molar-refractivity contribution in [2.24, 2.45) is 0 Å². The van der Waals surface area contributed by atoms with Gasteiger partial charge in [0.2, 0.25) is 0 Å². The van der Waals surface area contributed by atoms with Gasteiger partial charge in [0.25, 0.3) is 17.7 Å². The molecule has 9 nitrogen and oxygen atoms in total. The number of barbiturate groups is 1. The number of urea groups is 1. The Morgan fingerprint density at radius 3 is 2.47 bits per heavy atom. The Hall–Kier alpha value is -4.70. The van der Waals surface area contributed by atoms with Crippen molar-refractivity contribution in [3.05, 3.63) is 88.7 Å². The van der Waals surface area contributed by atoms with E-state index in [1.54, 1.807) is 19.1 Å². The molecule has 1 saturated heterocycles. The van der Waals surface area contributed by atoms with Gasteiger partial charge in [-0.3, -0.25) is 19.7 Å². The van der Waals surface area contributed by atoms with Crippen molar-refractivity contribution >= 4 is 52.8 Å². The third-order valence-electron chi connectivity index (χ3n) is 5.27. The molecule has 0 aliphatic carbocycles. The molecule has 11 heteroatoms. The molecule has 0 bridgehead atoms. The summed E-state index contributed by atoms with van der Waals surface area (Å²) in [6.07, 6.45) is 1.31. The van der Waals surface area contributed by atoms with Crippen molar-refractivity contribution in [3.8, 4) is 11.5 Å². The van der Waals surface area contributed by atoms with Crippen LogP contribution < -0.4 is 25.0 Å². The number of halogens is 2. The highest BCUT2D eigenvalue weighted by Crippen LogP contribution is 2.30. The number of carbonyl (C=O) groups excluding carboxylic acids is 4. The van der Waals surface area contributed by atoms with Crippen LogP contribution in [0.4, 0.5) is 20.6 Å². The lowest BCUT2D eigenvalue weighted by atomic mass is 10.1. The van der Waals surface area contributed by atoms with Gasteiger partial charge in [0.05, 0.1) is 18.0 Å². The van der Waals surface area contributed by atoms with Crippen molar-refractivity contribution in [1.82, 2.24) is 5.32 Å². The second-order valence-electron chi connectivity index (χ2n) is 7.89. The summed E-state index contributed by atoms with van der Waals surface area (Å²) in [6, 6.07) is 15.4. The predicted molar refractivity (Wildman–Crippen MR) is 139 cm³/mol. The number of nitrogens with one attached hydrogen (secondary N) is 2. The predicted octanol–water partition coefficient (Wildman–Crippen LogP) is 4.56. The van der Waals surface area contributed by atoms with Crippen molar-refractivity contribution in [1.29, 1.82) is 0 Å². The van der Waals surface area contributed by atoms with Gasteiger partial charge in [0, 0.05) is 5.02 Å². The van der Waals surface area contributed by atoms with Crippen LogP contribution in [-0.4, -0.2) is 37.0 Å². The molecule has 38 heavy (non-hydrogen) atoms. The Kier molecular flexibility index (Phi) is 8.03. The van der Waals surface area contributed by atoms with Crippen LogP contribution in [0.2, 0.25) is 5.02 Å². The van der Waals surface area contributed by atoms with E-state index >= 15 is 0 Å². The fourth-order valence-corrected chi connectivity index (χ4v) is 3.67. The molecule has 0 atom stereocenters. The van der Waals surface area contributed by atoms with Crippen LogP contribution in [0, 0.1) is 5.82 Å². The number of amides is 5. The standard InChI is InChI=1S/C27H21ClFN3O6/c1-2-37-23-14-16(7-12-22(23)38-15-24(33)30-21-6-4-3-5-20(21)29)13-19-25(34)31-27(36)32(26(19)35)18-10-8-17(28)9-11-18/h3-14H,2,15H2,1H3,(H,30,33)(H,31,34,36)/b19-13-. The van der Waals surface area contributed by atoms with Crippen LogP contribution in [-0.2, 0) is 14.4 Å². The zero-order valence-corrected chi connectivity index (χ0v) is 20.8. The molecule has 1 heterocycles. The smallest absolute Gasteiger partial charge is 0.335 e. The van der Waals surface area contributed by atoms with E-state index in [0.29, 0.717) is 10.6 Å². The van der Waals surface area contributed by atoms with Crippen LogP contribution in [0.1, 0.15) is 12.5 Å². The Bertz CT molecular complexity index is 1440. The van der Waals surface area contributed by atoms with Gasteiger partial charge >= 0.3 is 6.03 Å². The number of carbonyl (C=O) groups is 4. The quantitative estimate of drug-likeness (QED) is 0.321. The highest BCUT2D eigenvalue weighted by Gasteiger charge is 2.36. The number of imide groups is 2. The minimum absolute atomic E-state index is 0.0228. The first kappa shape index (κ1) is 26.4. The summed E-state index contributed by atoms with van der Waals surface area (Å²) in [5, 5.41) is 4.99. The van der Waals surface area contributed by atoms with Gasteiger partial charge in [-0.1, -0.05) is 29.8 Å². The van der Waals surface area contributed by atoms with Crippen molar-refractivity contribution in [3.63, 3.8) is 0 Å². The maximum atomic E-state index is 13.8. The zero-order chi connectivity index (χ0) is 27.2. The van der Waals surface area contributed by atoms with Gasteiger partial charge < -0.3 is 14.8 Å². The maximum Gasteiger partial charge on any atom is 0.335 e. The van der Waals surface area contributed by atoms with Crippen molar-refractivity contribution in [2.45, 2.75) is 6.92 Å². The summed E-state index contributed by atoms with van der Waals surface area (Å²) in [4.78, 5) is 51.0. The Labute approximate surface area is 221 Å². The molecule has 3 aromatic rings. The first-order valence-electron chi connectivity index (χ1n) is 11.4. The van der Waals surface area contributed by atoms with E-state index < -0.39 is 36.2 Å². The monoisotopic (exact) mass is 537 g/mol. The average Bonchev–Trinajstić information content (AvgIpc) is 2.88. The minimum Gasteiger partial charge on any atom is -0.490 e. The van der Waals surface area contributed by atoms with E-state index in [-0.39, 0.29) is 35.1 Å². The van der Waals surface area contributed by atoms with E-state index in [1.165, 1.54) is 60.7 Å². The number of anilines is 2. The normalized spacial score (nSPS) is 14.3. The number of hydrogen-bond donors (Lipinski definition) is 2. The van der Waals surface area contributed by atoms with E-state index in [4.69, 9.17) is 21.1 Å². The van der Waals surface area contributed by atoms with Gasteiger partial charge in [-0.15, -0.1) is 0 Å². The molecule has 4 rings (SSSR count). The first-order valence-corrected chi connectivity index (χ1v) is 11.8. The molecular weight excluding hydrogens is 517 g/mol. The van der Waals surface area contributed by atoms with E-state index in [0.717, 1.165) is 4.90 Å². The molecule has 2 N–H and O–H groups in total. The largest absolute Gasteiger partial charge is 0.490 e. The van der Waals surface area contributed by atoms with E-state index in [9.17, 15) is 23.6 Å². The van der Waals surface area contributed by atoms with Gasteiger partial charge in [0.15, 0.2) is 18.1 Å². The summed E-state index contributed by atoms with van der Waals surface area (Å²) >= 11 is 5.89. The van der Waals surface area contributed by atoms with Crippen molar-refractivity contribution in [2.75, 3.05) is 23.4 Å². The van der Waals surface area contributed by atoms with Gasteiger partial charge in [-0.2, -0.15) is 0 Å². The summed E-state index contributed by atoms with van der Waals surface area (Å²) in [5.74, 6) is -2.37. The lowest BCUT2D eigenvalue weighted by Gasteiger charge is -2.26. The summed E-state index contributed by atoms with van der Waals surface area (Å²) in [5.41, 5.74) is 0.387. The number of rotatable bonds is 8. The number of para-hydroxylation sites is 1. The fraction of sp³-hybridized carbons (Fsp3) is 0.111. The van der Waals surface area contributed by atoms with Gasteiger partial charge in [-0.05, 0) is 67.1 Å². The zero-order valence-electron chi connectivity index (χ0n) is 20.0. The summed E-state index contributed by atoms with van der Waals surface area (Å²) in [7, 11) is 0. The summed E-state index contributed by atoms with van der Waals surface area (Å²) in [6.45, 7) is 1.58.